The van der Waals surface area contributed by atoms with Crippen LogP contribution in [0.5, 0.6) is 0 Å². The molecule has 2 saturated heterocycles. The molecule has 13 nitrogen and oxygen atoms in total. The Bertz CT molecular complexity index is 2280. The monoisotopic (exact) mass is 729 g/mol. The number of hydrogen-bond donors (Lipinski definition) is 2. The number of likely N-dealkylation sites (tertiary alicyclic amines) is 1. The largest absolute Gasteiger partial charge is 0.490 e. The van der Waals surface area contributed by atoms with Gasteiger partial charge in [0, 0.05) is 73.0 Å². The standard InChI is InChI=1S/C35H37N9O2.C2HF3O2/c1-41-27-19-37-32-29(30(27)35(33(41)45)10-13-43(14-11-35)34(9-12-36)7-3-8-34)28(22-4-5-26-23(16-22)17-38-42(26)2)31(40-32)24-18-39-44(20-24)25-6-15-46-21-25;3-2(4,5)1(6)7/h4-5,16-20,25H,3,6-11,13-15,21H2,1-2H3,(H,37,40);(H,6,7). The highest BCUT2D eigenvalue weighted by Crippen LogP contribution is 2.55. The SMILES string of the molecule is CN1C(=O)C2(CCN(C3(CC#N)CCC3)CC2)c2c1cnc1[nH]c(-c3cnn(C4CCOC4)c3)c(-c3ccc4c(cnn4C)c3)c21.O=C(O)C(F)(F)F. The number of halogens is 3. The summed E-state index contributed by atoms with van der Waals surface area (Å²) in [7, 11) is 3.85. The number of hydrogen-bond acceptors (Lipinski definition) is 8. The Labute approximate surface area is 301 Å². The predicted molar refractivity (Wildman–Crippen MR) is 188 cm³/mol. The molecule has 53 heavy (non-hydrogen) atoms. The zero-order valence-corrected chi connectivity index (χ0v) is 29.3. The van der Waals surface area contributed by atoms with E-state index in [-0.39, 0.29) is 17.5 Å². The number of piperidine rings is 1. The second-order valence-electron chi connectivity index (χ2n) is 14.5. The molecule has 5 aromatic rings. The number of amides is 1. The van der Waals surface area contributed by atoms with E-state index in [9.17, 15) is 23.2 Å². The number of alkyl halides is 3. The van der Waals surface area contributed by atoms with Crippen molar-refractivity contribution in [2.45, 2.75) is 68.1 Å². The van der Waals surface area contributed by atoms with Crippen LogP contribution >= 0.6 is 0 Å². The molecule has 1 amide bonds. The van der Waals surface area contributed by atoms with Crippen LogP contribution < -0.4 is 4.90 Å². The molecule has 2 N–H and O–H groups in total. The van der Waals surface area contributed by atoms with Gasteiger partial charge in [-0.05, 0) is 56.2 Å². The molecule has 0 bridgehead atoms. The quantitative estimate of drug-likeness (QED) is 0.231. The Balaban J connectivity index is 0.000000523. The number of nitrogens with zero attached hydrogens (tertiary/aromatic N) is 8. The number of aromatic nitrogens is 6. The lowest BCUT2D eigenvalue weighted by Crippen LogP contribution is -2.59. The minimum absolute atomic E-state index is 0.0314. The summed E-state index contributed by atoms with van der Waals surface area (Å²) >= 11 is 0. The number of pyridine rings is 1. The van der Waals surface area contributed by atoms with E-state index in [2.05, 4.69) is 45.4 Å². The molecular weight excluding hydrogens is 691 g/mol. The molecule has 1 spiro atoms. The van der Waals surface area contributed by atoms with Crippen molar-refractivity contribution in [3.05, 3.63) is 48.5 Å². The molecule has 1 unspecified atom stereocenters. The van der Waals surface area contributed by atoms with Crippen molar-refractivity contribution in [1.29, 1.82) is 5.26 Å². The average Bonchev–Trinajstić information content (AvgIpc) is 3.96. The van der Waals surface area contributed by atoms with Gasteiger partial charge in [0.25, 0.3) is 0 Å². The van der Waals surface area contributed by atoms with E-state index >= 15 is 0 Å². The molecule has 7 heterocycles. The van der Waals surface area contributed by atoms with Crippen molar-refractivity contribution >= 4 is 39.5 Å². The smallest absolute Gasteiger partial charge is 0.475 e. The number of carbonyl (C=O) groups is 2. The number of H-pyrrole nitrogens is 1. The minimum atomic E-state index is -5.08. The fourth-order valence-corrected chi connectivity index (χ4v) is 8.81. The normalized spacial score (nSPS) is 20.7. The fraction of sp³-hybridized carbons (Fsp3) is 0.459. The summed E-state index contributed by atoms with van der Waals surface area (Å²) in [6.07, 6.45) is 8.95. The maximum absolute atomic E-state index is 14.4. The number of carboxylic acid groups (broad SMARTS) is 1. The third kappa shape index (κ3) is 5.56. The third-order valence-corrected chi connectivity index (χ3v) is 11.8. The number of aliphatic carboxylic acids is 1. The summed E-state index contributed by atoms with van der Waals surface area (Å²) in [5.74, 6) is -2.61. The number of likely N-dealkylation sites (N-methyl/N-ethyl adjacent to an activating group) is 1. The van der Waals surface area contributed by atoms with E-state index in [1.165, 1.54) is 6.42 Å². The highest BCUT2D eigenvalue weighted by atomic mass is 19.4. The van der Waals surface area contributed by atoms with Gasteiger partial charge in [-0.15, -0.1) is 0 Å². The number of carboxylic acids is 1. The zero-order chi connectivity index (χ0) is 37.3. The van der Waals surface area contributed by atoms with Crippen LogP contribution in [0.15, 0.2) is 43.0 Å². The molecule has 0 radical (unpaired) electrons. The first-order chi connectivity index (χ1) is 25.4. The lowest BCUT2D eigenvalue weighted by atomic mass is 9.68. The van der Waals surface area contributed by atoms with Gasteiger partial charge < -0.3 is 19.7 Å². The molecule has 16 heteroatoms. The van der Waals surface area contributed by atoms with E-state index in [0.717, 1.165) is 107 Å². The van der Waals surface area contributed by atoms with Crippen LogP contribution in [0.2, 0.25) is 0 Å². The number of carbonyl (C=O) groups excluding carboxylic acids is 1. The minimum Gasteiger partial charge on any atom is -0.475 e. The summed E-state index contributed by atoms with van der Waals surface area (Å²) in [4.78, 5) is 36.2. The average molecular weight is 730 g/mol. The van der Waals surface area contributed by atoms with E-state index in [4.69, 9.17) is 24.7 Å². The van der Waals surface area contributed by atoms with Crippen molar-refractivity contribution in [2.24, 2.45) is 7.05 Å². The number of ether oxygens (including phenoxy) is 1. The highest BCUT2D eigenvalue weighted by molar-refractivity contribution is 6.16. The third-order valence-electron chi connectivity index (χ3n) is 11.8. The zero-order valence-electron chi connectivity index (χ0n) is 29.3. The maximum atomic E-state index is 14.4. The molecule has 4 aliphatic rings. The Morgan fingerprint density at radius 2 is 1.87 bits per heavy atom. The van der Waals surface area contributed by atoms with E-state index in [0.29, 0.717) is 13.0 Å². The molecule has 9 rings (SSSR count). The summed E-state index contributed by atoms with van der Waals surface area (Å²) in [5.41, 5.74) is 7.12. The number of nitrogens with one attached hydrogen (secondary N) is 1. The van der Waals surface area contributed by atoms with Crippen LogP contribution in [0.4, 0.5) is 18.9 Å². The number of aryl methyl sites for hydroxylation is 1. The van der Waals surface area contributed by atoms with Gasteiger partial charge in [0.1, 0.15) is 5.65 Å². The van der Waals surface area contributed by atoms with Crippen molar-refractivity contribution in [3.63, 3.8) is 0 Å². The predicted octanol–water partition coefficient (Wildman–Crippen LogP) is 5.72. The number of aromatic amines is 1. The fourth-order valence-electron chi connectivity index (χ4n) is 8.81. The van der Waals surface area contributed by atoms with E-state index in [1.807, 2.05) is 46.9 Å². The first-order valence-electron chi connectivity index (χ1n) is 17.7. The molecule has 276 valence electrons. The topological polar surface area (TPSA) is 158 Å². The van der Waals surface area contributed by atoms with Crippen LogP contribution in [-0.2, 0) is 26.8 Å². The molecule has 1 aromatic carbocycles. The number of anilines is 1. The van der Waals surface area contributed by atoms with Gasteiger partial charge in [-0.3, -0.25) is 19.1 Å². The van der Waals surface area contributed by atoms with Crippen LogP contribution in [0.3, 0.4) is 0 Å². The van der Waals surface area contributed by atoms with Crippen LogP contribution in [0.25, 0.3) is 44.3 Å². The van der Waals surface area contributed by atoms with Crippen LogP contribution in [0.1, 0.15) is 56.6 Å². The van der Waals surface area contributed by atoms with Crippen molar-refractivity contribution in [1.82, 2.24) is 34.4 Å². The molecule has 3 fully saturated rings. The summed E-state index contributed by atoms with van der Waals surface area (Å²) in [6.45, 7) is 3.01. The van der Waals surface area contributed by atoms with E-state index < -0.39 is 17.6 Å². The Morgan fingerprint density at radius 1 is 1.11 bits per heavy atom. The summed E-state index contributed by atoms with van der Waals surface area (Å²) in [5, 5.41) is 28.1. The number of benzene rings is 1. The second-order valence-corrected chi connectivity index (χ2v) is 14.5. The van der Waals surface area contributed by atoms with Gasteiger partial charge in [0.2, 0.25) is 5.91 Å². The van der Waals surface area contributed by atoms with Gasteiger partial charge in [0.15, 0.2) is 0 Å². The first kappa shape index (κ1) is 34.8. The number of rotatable bonds is 5. The summed E-state index contributed by atoms with van der Waals surface area (Å²) < 4.78 is 41.3. The number of nitriles is 1. The summed E-state index contributed by atoms with van der Waals surface area (Å²) in [6, 6.07) is 9.14. The molecule has 1 saturated carbocycles. The van der Waals surface area contributed by atoms with Gasteiger partial charge in [-0.2, -0.15) is 28.6 Å². The van der Waals surface area contributed by atoms with E-state index in [1.54, 1.807) is 0 Å². The lowest BCUT2D eigenvalue weighted by molar-refractivity contribution is -0.192. The van der Waals surface area contributed by atoms with Gasteiger partial charge in [-0.1, -0.05) is 6.07 Å². The highest BCUT2D eigenvalue weighted by Gasteiger charge is 2.55. The Kier molecular flexibility index (Phi) is 8.34. The van der Waals surface area contributed by atoms with Crippen LogP contribution in [-0.4, -0.2) is 96.5 Å². The second kappa shape index (κ2) is 12.7. The van der Waals surface area contributed by atoms with Crippen molar-refractivity contribution < 1.29 is 32.6 Å². The molecular formula is C37H38F3N9O4. The lowest BCUT2D eigenvalue weighted by Gasteiger charge is -2.53. The molecule has 4 aromatic heterocycles. The van der Waals surface area contributed by atoms with Crippen LogP contribution in [0, 0.1) is 11.3 Å². The molecule has 1 atom stereocenters. The number of fused-ring (bicyclic) bond motifs is 5. The van der Waals surface area contributed by atoms with Gasteiger partial charge in [-0.25, -0.2) is 9.78 Å². The maximum Gasteiger partial charge on any atom is 0.490 e. The van der Waals surface area contributed by atoms with Crippen molar-refractivity contribution in [3.8, 4) is 28.5 Å². The van der Waals surface area contributed by atoms with Gasteiger partial charge >= 0.3 is 12.1 Å². The molecule has 3 aliphatic heterocycles. The Hall–Kier alpha value is -5.27. The van der Waals surface area contributed by atoms with Crippen molar-refractivity contribution in [2.75, 3.05) is 38.3 Å². The van der Waals surface area contributed by atoms with Gasteiger partial charge in [0.05, 0.1) is 66.0 Å². The first-order valence-corrected chi connectivity index (χ1v) is 17.7. The Morgan fingerprint density at radius 3 is 2.51 bits per heavy atom. The molecule has 1 aliphatic carbocycles.